The molecule has 0 aliphatic heterocycles. The van der Waals surface area contributed by atoms with Crippen LogP contribution in [0.2, 0.25) is 0 Å². The van der Waals surface area contributed by atoms with E-state index in [0.717, 1.165) is 33.8 Å². The van der Waals surface area contributed by atoms with Crippen LogP contribution in [-0.4, -0.2) is 24.3 Å². The molecule has 0 amide bonds. The maximum Gasteiger partial charge on any atom is 0.265 e. The summed E-state index contributed by atoms with van der Waals surface area (Å²) in [6.45, 7) is 3.71. The van der Waals surface area contributed by atoms with Gasteiger partial charge < -0.3 is 4.98 Å². The summed E-state index contributed by atoms with van der Waals surface area (Å²) in [7, 11) is 0. The van der Waals surface area contributed by atoms with E-state index in [1.54, 1.807) is 11.3 Å². The first-order valence-electron chi connectivity index (χ1n) is 8.92. The molecule has 0 saturated heterocycles. The summed E-state index contributed by atoms with van der Waals surface area (Å²) in [6.07, 6.45) is 1.54. The molecule has 8 heteroatoms. The van der Waals surface area contributed by atoms with E-state index in [1.165, 1.54) is 6.21 Å². The molecule has 0 aliphatic rings. The lowest BCUT2D eigenvalue weighted by Crippen LogP contribution is -2.20. The summed E-state index contributed by atoms with van der Waals surface area (Å²) in [6, 6.07) is 13.5. The fraction of sp³-hybridized carbons (Fsp3) is 0.0952. The van der Waals surface area contributed by atoms with Crippen molar-refractivity contribution in [2.24, 2.45) is 4.99 Å². The average molecular weight is 398 g/mol. The standard InChI is InChI=1S/C21H14N6OS/c1-11-7-8-16-19(26-29-25-16)18(11)23-10-14-12(2)13(9-22)20-24-15-5-3-4-6-17(15)27(20)21(14)28/h3-8,10,24H,1-2H3. The topological polar surface area (TPSA) is 99.2 Å². The Morgan fingerprint density at radius 2 is 2.03 bits per heavy atom. The molecule has 3 heterocycles. The molecular weight excluding hydrogens is 384 g/mol. The van der Waals surface area contributed by atoms with Gasteiger partial charge in [0.15, 0.2) is 0 Å². The number of para-hydroxylation sites is 2. The zero-order valence-corrected chi connectivity index (χ0v) is 16.4. The van der Waals surface area contributed by atoms with E-state index >= 15 is 0 Å². The predicted octanol–water partition coefficient (Wildman–Crippen LogP) is 4.02. The van der Waals surface area contributed by atoms with Gasteiger partial charge in [0.25, 0.3) is 5.56 Å². The number of rotatable bonds is 2. The van der Waals surface area contributed by atoms with E-state index in [2.05, 4.69) is 24.8 Å². The van der Waals surface area contributed by atoms with Crippen molar-refractivity contribution in [3.05, 3.63) is 69.0 Å². The third kappa shape index (κ3) is 2.48. The number of aliphatic imine (C=N–C) groups is 1. The lowest BCUT2D eigenvalue weighted by Gasteiger charge is -2.06. The molecule has 5 aromatic rings. The molecule has 0 unspecified atom stereocenters. The largest absolute Gasteiger partial charge is 0.338 e. The van der Waals surface area contributed by atoms with Crippen molar-refractivity contribution in [1.82, 2.24) is 18.1 Å². The van der Waals surface area contributed by atoms with Crippen LogP contribution < -0.4 is 5.56 Å². The number of nitrogens with zero attached hydrogens (tertiary/aromatic N) is 5. The van der Waals surface area contributed by atoms with Gasteiger partial charge in [-0.15, -0.1) is 0 Å². The first-order valence-corrected chi connectivity index (χ1v) is 9.65. The highest BCUT2D eigenvalue weighted by Gasteiger charge is 2.17. The van der Waals surface area contributed by atoms with Crippen LogP contribution in [0.4, 0.5) is 5.69 Å². The van der Waals surface area contributed by atoms with E-state index in [1.807, 2.05) is 43.3 Å². The zero-order valence-electron chi connectivity index (χ0n) is 15.6. The second-order valence-corrected chi connectivity index (χ2v) is 7.31. The summed E-state index contributed by atoms with van der Waals surface area (Å²) in [5.41, 5.74) is 6.28. The number of aryl methyl sites for hydroxylation is 1. The van der Waals surface area contributed by atoms with Crippen LogP contribution in [-0.2, 0) is 0 Å². The maximum atomic E-state index is 13.3. The summed E-state index contributed by atoms with van der Waals surface area (Å²) in [5, 5.41) is 9.75. The molecule has 0 spiro atoms. The normalized spacial score (nSPS) is 11.8. The number of aromatic amines is 1. The molecular formula is C21H14N6OS. The first kappa shape index (κ1) is 17.3. The van der Waals surface area contributed by atoms with E-state index in [-0.39, 0.29) is 5.56 Å². The Bertz CT molecular complexity index is 1560. The van der Waals surface area contributed by atoms with Crippen LogP contribution in [0.5, 0.6) is 0 Å². The lowest BCUT2D eigenvalue weighted by molar-refractivity contribution is 1.12. The van der Waals surface area contributed by atoms with Gasteiger partial charge in [-0.05, 0) is 43.2 Å². The summed E-state index contributed by atoms with van der Waals surface area (Å²) < 4.78 is 10.1. The van der Waals surface area contributed by atoms with Crippen LogP contribution in [0.15, 0.2) is 46.2 Å². The van der Waals surface area contributed by atoms with Gasteiger partial charge in [-0.3, -0.25) is 14.2 Å². The maximum absolute atomic E-state index is 13.3. The number of H-pyrrole nitrogens is 1. The van der Waals surface area contributed by atoms with Gasteiger partial charge in [-0.25, -0.2) is 0 Å². The molecule has 0 fully saturated rings. The van der Waals surface area contributed by atoms with Crippen molar-refractivity contribution in [1.29, 1.82) is 5.26 Å². The molecule has 3 aromatic heterocycles. The van der Waals surface area contributed by atoms with Gasteiger partial charge in [0.1, 0.15) is 22.7 Å². The SMILES string of the molecule is Cc1ccc2nsnc2c1N=Cc1c(C)c(C#N)c2[nH]c3ccccc3n2c1=O. The van der Waals surface area contributed by atoms with Crippen molar-refractivity contribution < 1.29 is 0 Å². The predicted molar refractivity (Wildman–Crippen MR) is 114 cm³/mol. The Morgan fingerprint density at radius 1 is 1.21 bits per heavy atom. The van der Waals surface area contributed by atoms with E-state index < -0.39 is 0 Å². The Hall–Kier alpha value is -3.83. The highest BCUT2D eigenvalue weighted by atomic mass is 32.1. The number of aromatic nitrogens is 4. The zero-order chi connectivity index (χ0) is 20.1. The van der Waals surface area contributed by atoms with Crippen molar-refractivity contribution >= 4 is 51.3 Å². The van der Waals surface area contributed by atoms with Gasteiger partial charge in [0.2, 0.25) is 0 Å². The van der Waals surface area contributed by atoms with Gasteiger partial charge in [-0.2, -0.15) is 14.0 Å². The molecule has 7 nitrogen and oxygen atoms in total. The Kier molecular flexibility index (Phi) is 3.79. The number of hydrogen-bond acceptors (Lipinski definition) is 6. The molecule has 29 heavy (non-hydrogen) atoms. The molecule has 0 atom stereocenters. The minimum atomic E-state index is -0.223. The Morgan fingerprint density at radius 3 is 2.86 bits per heavy atom. The highest BCUT2D eigenvalue weighted by Crippen LogP contribution is 2.28. The number of imidazole rings is 1. The molecule has 5 rings (SSSR count). The first-order chi connectivity index (χ1) is 14.1. The van der Waals surface area contributed by atoms with Crippen LogP contribution in [0.1, 0.15) is 22.3 Å². The Labute approximate surface area is 168 Å². The Balaban J connectivity index is 1.81. The molecule has 0 radical (unpaired) electrons. The number of nitrogens with one attached hydrogen (secondary N) is 1. The number of benzene rings is 2. The summed E-state index contributed by atoms with van der Waals surface area (Å²) >= 11 is 1.13. The third-order valence-corrected chi connectivity index (χ3v) is 5.65. The van der Waals surface area contributed by atoms with E-state index in [4.69, 9.17) is 0 Å². The molecule has 0 bridgehead atoms. The molecule has 140 valence electrons. The second kappa shape index (κ2) is 6.36. The summed E-state index contributed by atoms with van der Waals surface area (Å²) in [4.78, 5) is 21.1. The summed E-state index contributed by atoms with van der Waals surface area (Å²) in [5.74, 6) is 0. The van der Waals surface area contributed by atoms with Crippen LogP contribution in [0.3, 0.4) is 0 Å². The third-order valence-electron chi connectivity index (χ3n) is 5.11. The van der Waals surface area contributed by atoms with Crippen LogP contribution >= 0.6 is 11.7 Å². The number of fused-ring (bicyclic) bond motifs is 4. The number of pyridine rings is 1. The second-order valence-electron chi connectivity index (χ2n) is 6.78. The van der Waals surface area contributed by atoms with Gasteiger partial charge in [0.05, 0.1) is 39.6 Å². The number of nitriles is 1. The average Bonchev–Trinajstić information content (AvgIpc) is 3.34. The smallest absolute Gasteiger partial charge is 0.265 e. The van der Waals surface area contributed by atoms with Crippen LogP contribution in [0.25, 0.3) is 27.7 Å². The lowest BCUT2D eigenvalue weighted by atomic mass is 10.1. The molecule has 2 aromatic carbocycles. The van der Waals surface area contributed by atoms with Crippen molar-refractivity contribution in [3.63, 3.8) is 0 Å². The van der Waals surface area contributed by atoms with E-state index in [0.29, 0.717) is 33.5 Å². The van der Waals surface area contributed by atoms with Crippen molar-refractivity contribution in [2.75, 3.05) is 0 Å². The molecule has 0 aliphatic carbocycles. The van der Waals surface area contributed by atoms with E-state index in [9.17, 15) is 10.1 Å². The van der Waals surface area contributed by atoms with Crippen molar-refractivity contribution in [3.8, 4) is 6.07 Å². The highest BCUT2D eigenvalue weighted by molar-refractivity contribution is 7.00. The van der Waals surface area contributed by atoms with Gasteiger partial charge in [0, 0.05) is 6.21 Å². The monoisotopic (exact) mass is 398 g/mol. The molecule has 1 N–H and O–H groups in total. The fourth-order valence-corrected chi connectivity index (χ4v) is 4.11. The minimum Gasteiger partial charge on any atom is -0.338 e. The van der Waals surface area contributed by atoms with Gasteiger partial charge >= 0.3 is 0 Å². The quantitative estimate of drug-likeness (QED) is 0.454. The van der Waals surface area contributed by atoms with Crippen molar-refractivity contribution in [2.45, 2.75) is 13.8 Å². The number of hydrogen-bond donors (Lipinski definition) is 1. The van der Waals surface area contributed by atoms with Crippen LogP contribution in [0, 0.1) is 25.2 Å². The fourth-order valence-electron chi connectivity index (χ4n) is 3.58. The van der Waals surface area contributed by atoms with Gasteiger partial charge in [-0.1, -0.05) is 18.2 Å². The minimum absolute atomic E-state index is 0.223. The molecule has 0 saturated carbocycles.